The van der Waals surface area contributed by atoms with Crippen molar-refractivity contribution in [1.29, 1.82) is 0 Å². The van der Waals surface area contributed by atoms with Crippen molar-refractivity contribution in [2.24, 2.45) is 11.8 Å². The summed E-state index contributed by atoms with van der Waals surface area (Å²) in [5, 5.41) is 23.9. The molecule has 0 aliphatic heterocycles. The Morgan fingerprint density at radius 2 is 1.58 bits per heavy atom. The van der Waals surface area contributed by atoms with Crippen molar-refractivity contribution in [2.45, 2.75) is 83.0 Å². The van der Waals surface area contributed by atoms with E-state index >= 15 is 0 Å². The molecular formula is C24H37N3O4. The molecule has 0 aromatic carbocycles. The highest BCUT2D eigenvalue weighted by molar-refractivity contribution is 5.82. The third-order valence-electron chi connectivity index (χ3n) is 6.79. The first kappa shape index (κ1) is 23.7. The lowest BCUT2D eigenvalue weighted by molar-refractivity contribution is -0.145. The van der Waals surface area contributed by atoms with Gasteiger partial charge in [0, 0.05) is 19.3 Å². The minimum atomic E-state index is -1.02. The molecule has 172 valence electrons. The number of aliphatic hydroxyl groups is 2. The van der Waals surface area contributed by atoms with E-state index in [9.17, 15) is 19.8 Å². The molecule has 0 radical (unpaired) electrons. The van der Waals surface area contributed by atoms with Crippen LogP contribution in [-0.4, -0.2) is 57.2 Å². The van der Waals surface area contributed by atoms with Crippen molar-refractivity contribution < 1.29 is 19.8 Å². The van der Waals surface area contributed by atoms with Crippen molar-refractivity contribution in [2.75, 3.05) is 13.1 Å². The molecule has 0 saturated heterocycles. The number of rotatable bonds is 9. The summed E-state index contributed by atoms with van der Waals surface area (Å²) in [5.74, 6) is -0.659. The minimum Gasteiger partial charge on any atom is -0.383 e. The zero-order valence-electron chi connectivity index (χ0n) is 18.4. The molecular weight excluding hydrogens is 394 g/mol. The van der Waals surface area contributed by atoms with Crippen molar-refractivity contribution in [3.05, 3.63) is 30.1 Å². The van der Waals surface area contributed by atoms with Crippen LogP contribution >= 0.6 is 0 Å². The van der Waals surface area contributed by atoms with E-state index in [1.807, 2.05) is 18.2 Å². The predicted molar refractivity (Wildman–Crippen MR) is 118 cm³/mol. The van der Waals surface area contributed by atoms with Crippen LogP contribution in [0.4, 0.5) is 0 Å². The van der Waals surface area contributed by atoms with Gasteiger partial charge in [0.1, 0.15) is 12.2 Å². The van der Waals surface area contributed by atoms with Gasteiger partial charge in [-0.15, -0.1) is 0 Å². The topological polar surface area (TPSA) is 103 Å². The summed E-state index contributed by atoms with van der Waals surface area (Å²) >= 11 is 0. The fourth-order valence-corrected chi connectivity index (χ4v) is 4.88. The summed E-state index contributed by atoms with van der Waals surface area (Å²) < 4.78 is 0. The predicted octanol–water partition coefficient (Wildman–Crippen LogP) is 2.41. The second kappa shape index (κ2) is 12.2. The SMILES string of the molecule is O=C(NCCN(Cc1ccccn1)C(=O)C(O)C1CCCCC1)C(O)C1CCCCC1. The van der Waals surface area contributed by atoms with E-state index in [-0.39, 0.29) is 43.3 Å². The fourth-order valence-electron chi connectivity index (χ4n) is 4.88. The first-order chi connectivity index (χ1) is 15.1. The summed E-state index contributed by atoms with van der Waals surface area (Å²) in [5.41, 5.74) is 0.736. The smallest absolute Gasteiger partial charge is 0.252 e. The summed E-state index contributed by atoms with van der Waals surface area (Å²) in [6.07, 6.45) is 9.69. The molecule has 2 aliphatic carbocycles. The van der Waals surface area contributed by atoms with Gasteiger partial charge < -0.3 is 20.4 Å². The van der Waals surface area contributed by atoms with Gasteiger partial charge in [0.15, 0.2) is 0 Å². The lowest BCUT2D eigenvalue weighted by Gasteiger charge is -2.31. The fraction of sp³-hybridized carbons (Fsp3) is 0.708. The Bertz CT molecular complexity index is 687. The Balaban J connectivity index is 1.56. The number of carbonyl (C=O) groups is 2. The average molecular weight is 432 g/mol. The highest BCUT2D eigenvalue weighted by Gasteiger charge is 2.31. The first-order valence-corrected chi connectivity index (χ1v) is 11.9. The van der Waals surface area contributed by atoms with Gasteiger partial charge >= 0.3 is 0 Å². The van der Waals surface area contributed by atoms with Crippen molar-refractivity contribution in [1.82, 2.24) is 15.2 Å². The molecule has 0 spiro atoms. The van der Waals surface area contributed by atoms with Crippen LogP contribution < -0.4 is 5.32 Å². The van der Waals surface area contributed by atoms with Crippen LogP contribution in [0.5, 0.6) is 0 Å². The maximum atomic E-state index is 13.1. The van der Waals surface area contributed by atoms with Gasteiger partial charge in [-0.25, -0.2) is 0 Å². The number of nitrogens with zero attached hydrogens (tertiary/aromatic N) is 2. The monoisotopic (exact) mass is 431 g/mol. The van der Waals surface area contributed by atoms with E-state index in [2.05, 4.69) is 10.3 Å². The maximum absolute atomic E-state index is 13.1. The average Bonchev–Trinajstić information content (AvgIpc) is 2.83. The Morgan fingerprint density at radius 1 is 0.968 bits per heavy atom. The van der Waals surface area contributed by atoms with E-state index in [0.29, 0.717) is 0 Å². The van der Waals surface area contributed by atoms with Crippen LogP contribution in [-0.2, 0) is 16.1 Å². The molecule has 1 aromatic heterocycles. The summed E-state index contributed by atoms with van der Waals surface area (Å²) in [6.45, 7) is 0.783. The van der Waals surface area contributed by atoms with E-state index in [1.54, 1.807) is 11.1 Å². The number of hydrogen-bond acceptors (Lipinski definition) is 5. The number of amides is 2. The highest BCUT2D eigenvalue weighted by atomic mass is 16.3. The number of carbonyl (C=O) groups excluding carboxylic acids is 2. The molecule has 2 atom stereocenters. The zero-order valence-corrected chi connectivity index (χ0v) is 18.4. The third kappa shape index (κ3) is 7.01. The van der Waals surface area contributed by atoms with Crippen molar-refractivity contribution in [3.63, 3.8) is 0 Å². The molecule has 2 fully saturated rings. The van der Waals surface area contributed by atoms with E-state index in [1.165, 1.54) is 6.42 Å². The van der Waals surface area contributed by atoms with Gasteiger partial charge in [0.25, 0.3) is 5.91 Å². The van der Waals surface area contributed by atoms with Gasteiger partial charge in [-0.3, -0.25) is 14.6 Å². The van der Waals surface area contributed by atoms with Crippen molar-refractivity contribution in [3.8, 4) is 0 Å². The van der Waals surface area contributed by atoms with Crippen LogP contribution in [0, 0.1) is 11.8 Å². The number of hydrogen-bond donors (Lipinski definition) is 3. The third-order valence-corrected chi connectivity index (χ3v) is 6.79. The van der Waals surface area contributed by atoms with Gasteiger partial charge in [-0.2, -0.15) is 0 Å². The van der Waals surface area contributed by atoms with Crippen LogP contribution in [0.1, 0.15) is 69.9 Å². The number of aromatic nitrogens is 1. The lowest BCUT2D eigenvalue weighted by atomic mass is 9.84. The van der Waals surface area contributed by atoms with Crippen LogP contribution in [0.3, 0.4) is 0 Å². The molecule has 2 saturated carbocycles. The molecule has 2 aliphatic rings. The molecule has 7 nitrogen and oxygen atoms in total. The maximum Gasteiger partial charge on any atom is 0.252 e. The second-order valence-corrected chi connectivity index (χ2v) is 9.06. The van der Waals surface area contributed by atoms with Crippen LogP contribution in [0.2, 0.25) is 0 Å². The Morgan fingerprint density at radius 3 is 2.16 bits per heavy atom. The van der Waals surface area contributed by atoms with Gasteiger partial charge in [-0.05, 0) is 49.7 Å². The molecule has 2 amide bonds. The molecule has 3 rings (SSSR count). The van der Waals surface area contributed by atoms with Crippen LogP contribution in [0.25, 0.3) is 0 Å². The molecule has 0 bridgehead atoms. The summed E-state index contributed by atoms with van der Waals surface area (Å²) in [4.78, 5) is 31.4. The number of nitrogens with one attached hydrogen (secondary N) is 1. The first-order valence-electron chi connectivity index (χ1n) is 11.9. The Kier molecular flexibility index (Phi) is 9.28. The molecule has 3 N–H and O–H groups in total. The van der Waals surface area contributed by atoms with Gasteiger partial charge in [0.2, 0.25) is 5.91 Å². The lowest BCUT2D eigenvalue weighted by Crippen LogP contribution is -2.47. The standard InChI is InChI=1S/C24H37N3O4/c28-21(18-9-3-1-4-10-18)23(30)26-15-16-27(17-20-13-7-8-14-25-20)24(31)22(29)19-11-5-2-6-12-19/h7-8,13-14,18-19,21-22,28-29H,1-6,9-12,15-17H2,(H,26,30). The quantitative estimate of drug-likeness (QED) is 0.557. The van der Waals surface area contributed by atoms with Crippen LogP contribution in [0.15, 0.2) is 24.4 Å². The van der Waals surface area contributed by atoms with E-state index in [4.69, 9.17) is 0 Å². The van der Waals surface area contributed by atoms with Crippen molar-refractivity contribution >= 4 is 11.8 Å². The van der Waals surface area contributed by atoms with Gasteiger partial charge in [-0.1, -0.05) is 44.6 Å². The number of pyridine rings is 1. The molecule has 2 unspecified atom stereocenters. The Hall–Kier alpha value is -1.99. The van der Waals surface area contributed by atoms with E-state index in [0.717, 1.165) is 63.5 Å². The molecule has 1 heterocycles. The second-order valence-electron chi connectivity index (χ2n) is 9.06. The summed E-state index contributed by atoms with van der Waals surface area (Å²) in [6, 6.07) is 5.53. The normalized spacial score (nSPS) is 20.1. The number of aliphatic hydroxyl groups excluding tert-OH is 2. The zero-order chi connectivity index (χ0) is 22.1. The highest BCUT2D eigenvalue weighted by Crippen LogP contribution is 2.28. The largest absolute Gasteiger partial charge is 0.383 e. The van der Waals surface area contributed by atoms with Gasteiger partial charge in [0.05, 0.1) is 12.2 Å². The Labute approximate surface area is 185 Å². The molecule has 7 heteroatoms. The van der Waals surface area contributed by atoms with E-state index < -0.39 is 12.2 Å². The minimum absolute atomic E-state index is 0.00445. The molecule has 31 heavy (non-hydrogen) atoms. The summed E-state index contributed by atoms with van der Waals surface area (Å²) in [7, 11) is 0. The molecule has 1 aromatic rings.